The van der Waals surface area contributed by atoms with Crippen LogP contribution in [0.25, 0.3) is 0 Å². The van der Waals surface area contributed by atoms with Gasteiger partial charge in [0, 0.05) is 31.5 Å². The number of piperidine rings is 1. The van der Waals surface area contributed by atoms with Gasteiger partial charge in [-0.3, -0.25) is 4.79 Å². The van der Waals surface area contributed by atoms with E-state index in [0.717, 1.165) is 25.4 Å². The fourth-order valence-corrected chi connectivity index (χ4v) is 3.21. The van der Waals surface area contributed by atoms with Gasteiger partial charge in [0.05, 0.1) is 0 Å². The quantitative estimate of drug-likeness (QED) is 0.717. The number of Topliss-reactive ketones (excluding diaryl/α,β-unsaturated/α-hetero) is 1. The molecule has 2 aliphatic rings. The van der Waals surface area contributed by atoms with Gasteiger partial charge in [-0.2, -0.15) is 0 Å². The molecule has 1 saturated heterocycles. The molecule has 0 bridgehead atoms. The summed E-state index contributed by atoms with van der Waals surface area (Å²) in [5.74, 6) is 1.35. The number of nitrogens with zero attached hydrogens (tertiary/aromatic N) is 1. The average Bonchev–Trinajstić information content (AvgIpc) is 2.25. The monoisotopic (exact) mass is 223 g/mol. The van der Waals surface area contributed by atoms with Crippen LogP contribution in [0, 0.1) is 11.3 Å². The Labute approximate surface area is 99.4 Å². The van der Waals surface area contributed by atoms with E-state index in [9.17, 15) is 4.79 Å². The number of hydrogen-bond acceptors (Lipinski definition) is 2. The standard InChI is InChI=1S/C14H25NO/c1-14(2)11-15(9-8-13(14)16)10-12-6-4-3-5-7-12/h12H,3-11H2,1-2H3. The fourth-order valence-electron chi connectivity index (χ4n) is 3.21. The van der Waals surface area contributed by atoms with Crippen LogP contribution in [0.2, 0.25) is 0 Å². The Balaban J connectivity index is 1.84. The number of carbonyl (C=O) groups is 1. The molecule has 0 amide bonds. The molecule has 1 saturated carbocycles. The molecule has 0 aromatic heterocycles. The second kappa shape index (κ2) is 4.87. The smallest absolute Gasteiger partial charge is 0.141 e. The molecule has 0 aromatic rings. The van der Waals surface area contributed by atoms with Crippen LogP contribution < -0.4 is 0 Å². The Hall–Kier alpha value is -0.370. The van der Waals surface area contributed by atoms with Gasteiger partial charge in [0.25, 0.3) is 0 Å². The number of ketones is 1. The minimum Gasteiger partial charge on any atom is -0.302 e. The van der Waals surface area contributed by atoms with Crippen molar-refractivity contribution in [3.05, 3.63) is 0 Å². The number of hydrogen-bond donors (Lipinski definition) is 0. The van der Waals surface area contributed by atoms with Crippen LogP contribution in [0.3, 0.4) is 0 Å². The van der Waals surface area contributed by atoms with Gasteiger partial charge in [0.15, 0.2) is 0 Å². The Morgan fingerprint density at radius 3 is 2.56 bits per heavy atom. The summed E-state index contributed by atoms with van der Waals surface area (Å²) in [5, 5.41) is 0. The van der Waals surface area contributed by atoms with Crippen molar-refractivity contribution in [3.63, 3.8) is 0 Å². The first-order chi connectivity index (χ1) is 7.58. The molecule has 0 atom stereocenters. The second-order valence-corrected chi connectivity index (χ2v) is 6.30. The van der Waals surface area contributed by atoms with Gasteiger partial charge in [-0.15, -0.1) is 0 Å². The van der Waals surface area contributed by atoms with Crippen molar-refractivity contribution >= 4 is 5.78 Å². The third-order valence-electron chi connectivity index (χ3n) is 4.27. The molecule has 92 valence electrons. The highest BCUT2D eigenvalue weighted by Gasteiger charge is 2.34. The fraction of sp³-hybridized carbons (Fsp3) is 0.929. The van der Waals surface area contributed by atoms with Crippen molar-refractivity contribution in [1.82, 2.24) is 4.90 Å². The van der Waals surface area contributed by atoms with Gasteiger partial charge in [0.1, 0.15) is 5.78 Å². The molecule has 1 heterocycles. The van der Waals surface area contributed by atoms with E-state index in [1.165, 1.54) is 38.6 Å². The highest BCUT2D eigenvalue weighted by atomic mass is 16.1. The van der Waals surface area contributed by atoms with Gasteiger partial charge in [-0.05, 0) is 18.8 Å². The highest BCUT2D eigenvalue weighted by Crippen LogP contribution is 2.29. The maximum absolute atomic E-state index is 11.7. The summed E-state index contributed by atoms with van der Waals surface area (Å²) >= 11 is 0. The zero-order valence-corrected chi connectivity index (χ0v) is 10.8. The van der Waals surface area contributed by atoms with E-state index in [1.807, 2.05) is 0 Å². The lowest BCUT2D eigenvalue weighted by Crippen LogP contribution is -2.47. The SMILES string of the molecule is CC1(C)CN(CC2CCCCC2)CCC1=O. The molecule has 2 rings (SSSR count). The third kappa shape index (κ3) is 2.85. The van der Waals surface area contributed by atoms with Crippen LogP contribution >= 0.6 is 0 Å². The van der Waals surface area contributed by atoms with Gasteiger partial charge in [0.2, 0.25) is 0 Å². The molecule has 2 nitrogen and oxygen atoms in total. The first-order valence-corrected chi connectivity index (χ1v) is 6.83. The maximum atomic E-state index is 11.7. The van der Waals surface area contributed by atoms with Crippen LogP contribution in [-0.2, 0) is 4.79 Å². The summed E-state index contributed by atoms with van der Waals surface area (Å²) in [4.78, 5) is 14.3. The van der Waals surface area contributed by atoms with E-state index in [-0.39, 0.29) is 5.41 Å². The largest absolute Gasteiger partial charge is 0.302 e. The van der Waals surface area contributed by atoms with E-state index >= 15 is 0 Å². The molecule has 0 spiro atoms. The Morgan fingerprint density at radius 1 is 1.25 bits per heavy atom. The van der Waals surface area contributed by atoms with Crippen molar-refractivity contribution in [2.75, 3.05) is 19.6 Å². The number of carbonyl (C=O) groups excluding carboxylic acids is 1. The predicted octanol–water partition coefficient (Wildman–Crippen LogP) is 2.87. The summed E-state index contributed by atoms with van der Waals surface area (Å²) < 4.78 is 0. The lowest BCUT2D eigenvalue weighted by atomic mass is 9.81. The lowest BCUT2D eigenvalue weighted by molar-refractivity contribution is -0.131. The summed E-state index contributed by atoms with van der Waals surface area (Å²) in [6, 6.07) is 0. The van der Waals surface area contributed by atoms with E-state index < -0.39 is 0 Å². The van der Waals surface area contributed by atoms with Crippen LogP contribution in [0.5, 0.6) is 0 Å². The molecule has 0 unspecified atom stereocenters. The van der Waals surface area contributed by atoms with Crippen molar-refractivity contribution in [3.8, 4) is 0 Å². The number of rotatable bonds is 2. The lowest BCUT2D eigenvalue weighted by Gasteiger charge is -2.39. The normalized spacial score (nSPS) is 28.2. The molecule has 0 N–H and O–H groups in total. The molecule has 2 heteroatoms. The average molecular weight is 223 g/mol. The summed E-state index contributed by atoms with van der Waals surface area (Å²) in [6.45, 7) is 7.41. The Morgan fingerprint density at radius 2 is 1.94 bits per heavy atom. The summed E-state index contributed by atoms with van der Waals surface area (Å²) in [7, 11) is 0. The van der Waals surface area contributed by atoms with E-state index in [4.69, 9.17) is 0 Å². The van der Waals surface area contributed by atoms with E-state index in [1.54, 1.807) is 0 Å². The van der Waals surface area contributed by atoms with Crippen LogP contribution in [0.1, 0.15) is 52.4 Å². The van der Waals surface area contributed by atoms with Gasteiger partial charge >= 0.3 is 0 Å². The molecular weight excluding hydrogens is 198 g/mol. The first-order valence-electron chi connectivity index (χ1n) is 6.83. The molecule has 1 aliphatic heterocycles. The summed E-state index contributed by atoms with van der Waals surface area (Å²) in [6.07, 6.45) is 7.84. The topological polar surface area (TPSA) is 20.3 Å². The molecule has 0 radical (unpaired) electrons. The van der Waals surface area contributed by atoms with Gasteiger partial charge in [-0.25, -0.2) is 0 Å². The second-order valence-electron chi connectivity index (χ2n) is 6.30. The minimum atomic E-state index is -0.104. The third-order valence-corrected chi connectivity index (χ3v) is 4.27. The number of likely N-dealkylation sites (tertiary alicyclic amines) is 1. The summed E-state index contributed by atoms with van der Waals surface area (Å²) in [5.41, 5.74) is -0.104. The van der Waals surface area contributed by atoms with Crippen LogP contribution in [0.15, 0.2) is 0 Å². The van der Waals surface area contributed by atoms with Crippen molar-refractivity contribution < 1.29 is 4.79 Å². The zero-order chi connectivity index (χ0) is 11.6. The molecule has 16 heavy (non-hydrogen) atoms. The zero-order valence-electron chi connectivity index (χ0n) is 10.8. The molecule has 0 aromatic carbocycles. The van der Waals surface area contributed by atoms with E-state index in [0.29, 0.717) is 5.78 Å². The van der Waals surface area contributed by atoms with Gasteiger partial charge in [-0.1, -0.05) is 33.1 Å². The van der Waals surface area contributed by atoms with Crippen molar-refractivity contribution in [1.29, 1.82) is 0 Å². The van der Waals surface area contributed by atoms with E-state index in [2.05, 4.69) is 18.7 Å². The molecule has 2 fully saturated rings. The van der Waals surface area contributed by atoms with Crippen molar-refractivity contribution in [2.45, 2.75) is 52.4 Å². The Kier molecular flexibility index (Phi) is 3.68. The molecule has 1 aliphatic carbocycles. The highest BCUT2D eigenvalue weighted by molar-refractivity contribution is 5.85. The predicted molar refractivity (Wildman–Crippen MR) is 66.4 cm³/mol. The maximum Gasteiger partial charge on any atom is 0.141 e. The minimum absolute atomic E-state index is 0.104. The van der Waals surface area contributed by atoms with Crippen molar-refractivity contribution in [2.24, 2.45) is 11.3 Å². The van der Waals surface area contributed by atoms with Crippen LogP contribution in [-0.4, -0.2) is 30.3 Å². The molecular formula is C14H25NO. The van der Waals surface area contributed by atoms with Crippen LogP contribution in [0.4, 0.5) is 0 Å². The van der Waals surface area contributed by atoms with Gasteiger partial charge < -0.3 is 4.90 Å². The Bertz CT molecular complexity index is 253. The first kappa shape index (κ1) is 12.1.